The number of nitriles is 1. The van der Waals surface area contributed by atoms with Gasteiger partial charge in [0.2, 0.25) is 0 Å². The van der Waals surface area contributed by atoms with Crippen LogP contribution in [0.3, 0.4) is 0 Å². The minimum absolute atomic E-state index is 0.269. The van der Waals surface area contributed by atoms with Crippen LogP contribution in [0.2, 0.25) is 0 Å². The number of fused-ring (bicyclic) bond motifs is 1. The number of benzene rings is 2. The maximum absolute atomic E-state index is 12.2. The zero-order valence-electron chi connectivity index (χ0n) is 11.9. The number of para-hydroxylation sites is 1. The third-order valence-corrected chi connectivity index (χ3v) is 3.41. The summed E-state index contributed by atoms with van der Waals surface area (Å²) < 4.78 is 16.1. The lowest BCUT2D eigenvalue weighted by atomic mass is 10.1. The molecule has 0 aromatic heterocycles. The second kappa shape index (κ2) is 5.78. The molecule has 0 spiro atoms. The van der Waals surface area contributed by atoms with Gasteiger partial charge in [-0.2, -0.15) is 5.26 Å². The Morgan fingerprint density at radius 3 is 2.82 bits per heavy atom. The van der Waals surface area contributed by atoms with Gasteiger partial charge in [0.1, 0.15) is 5.75 Å². The van der Waals surface area contributed by atoms with Crippen molar-refractivity contribution in [2.24, 2.45) is 0 Å². The Hall–Kier alpha value is -3.00. The number of ether oxygens (including phenoxy) is 3. The zero-order valence-corrected chi connectivity index (χ0v) is 11.9. The standard InChI is InChI=1S/C17H13NO4/c1-20-15-8-11(10-18)6-7-14(15)22-17(19)16-9-12-4-2-3-5-13(12)21-16/h2-8,16H,9H2,1H3. The monoisotopic (exact) mass is 295 g/mol. The number of esters is 1. The Kier molecular flexibility index (Phi) is 3.67. The van der Waals surface area contributed by atoms with Crippen molar-refractivity contribution in [1.29, 1.82) is 5.26 Å². The highest BCUT2D eigenvalue weighted by atomic mass is 16.6. The van der Waals surface area contributed by atoms with Crippen LogP contribution in [0, 0.1) is 11.3 Å². The maximum atomic E-state index is 12.2. The summed E-state index contributed by atoms with van der Waals surface area (Å²) in [6, 6.07) is 14.1. The van der Waals surface area contributed by atoms with E-state index in [1.807, 2.05) is 30.3 Å². The Bertz CT molecular complexity index is 738. The number of rotatable bonds is 3. The van der Waals surface area contributed by atoms with Crippen molar-refractivity contribution in [1.82, 2.24) is 0 Å². The van der Waals surface area contributed by atoms with E-state index in [0.717, 1.165) is 5.56 Å². The Morgan fingerprint density at radius 2 is 2.09 bits per heavy atom. The molecule has 1 unspecified atom stereocenters. The molecule has 2 aromatic carbocycles. The fourth-order valence-corrected chi connectivity index (χ4v) is 2.31. The number of methoxy groups -OCH3 is 1. The van der Waals surface area contributed by atoms with Gasteiger partial charge in [-0.1, -0.05) is 18.2 Å². The van der Waals surface area contributed by atoms with E-state index < -0.39 is 12.1 Å². The molecule has 0 N–H and O–H groups in total. The van der Waals surface area contributed by atoms with Gasteiger partial charge in [0.15, 0.2) is 17.6 Å². The van der Waals surface area contributed by atoms with Crippen molar-refractivity contribution in [3.05, 3.63) is 53.6 Å². The molecule has 1 atom stereocenters. The second-order valence-electron chi connectivity index (χ2n) is 4.82. The highest BCUT2D eigenvalue weighted by Crippen LogP contribution is 2.31. The molecule has 0 saturated heterocycles. The Morgan fingerprint density at radius 1 is 1.27 bits per heavy atom. The van der Waals surface area contributed by atoms with Gasteiger partial charge in [-0.15, -0.1) is 0 Å². The summed E-state index contributed by atoms with van der Waals surface area (Å²) in [6.45, 7) is 0. The minimum Gasteiger partial charge on any atom is -0.493 e. The van der Waals surface area contributed by atoms with Crippen molar-refractivity contribution in [2.45, 2.75) is 12.5 Å². The second-order valence-corrected chi connectivity index (χ2v) is 4.82. The highest BCUT2D eigenvalue weighted by Gasteiger charge is 2.31. The number of hydrogen-bond acceptors (Lipinski definition) is 5. The van der Waals surface area contributed by atoms with E-state index in [4.69, 9.17) is 19.5 Å². The fraction of sp³-hybridized carbons (Fsp3) is 0.176. The average Bonchev–Trinajstić information content (AvgIpc) is 2.99. The van der Waals surface area contributed by atoms with E-state index in [1.165, 1.54) is 19.2 Å². The SMILES string of the molecule is COc1cc(C#N)ccc1OC(=O)C1Cc2ccccc2O1. The topological polar surface area (TPSA) is 68.5 Å². The normalized spacial score (nSPS) is 15.4. The van der Waals surface area contributed by atoms with Gasteiger partial charge in [0, 0.05) is 12.5 Å². The molecule has 0 radical (unpaired) electrons. The Balaban J connectivity index is 1.75. The van der Waals surface area contributed by atoms with Crippen LogP contribution in [0.15, 0.2) is 42.5 Å². The molecule has 0 amide bonds. The van der Waals surface area contributed by atoms with Gasteiger partial charge in [-0.25, -0.2) is 4.79 Å². The van der Waals surface area contributed by atoms with Gasteiger partial charge in [0.25, 0.3) is 0 Å². The lowest BCUT2D eigenvalue weighted by molar-refractivity contribution is -0.141. The van der Waals surface area contributed by atoms with E-state index in [2.05, 4.69) is 0 Å². The molecule has 1 heterocycles. The van der Waals surface area contributed by atoms with Crippen LogP contribution >= 0.6 is 0 Å². The van der Waals surface area contributed by atoms with E-state index in [-0.39, 0.29) is 5.75 Å². The predicted molar refractivity (Wildman–Crippen MR) is 77.9 cm³/mol. The largest absolute Gasteiger partial charge is 0.493 e. The summed E-state index contributed by atoms with van der Waals surface area (Å²) in [5.41, 5.74) is 1.41. The number of nitrogens with zero attached hydrogens (tertiary/aromatic N) is 1. The van der Waals surface area contributed by atoms with Crippen molar-refractivity contribution < 1.29 is 19.0 Å². The third-order valence-electron chi connectivity index (χ3n) is 3.41. The first-order valence-corrected chi connectivity index (χ1v) is 6.75. The molecular formula is C17H13NO4. The fourth-order valence-electron chi connectivity index (χ4n) is 2.31. The average molecular weight is 295 g/mol. The molecule has 0 saturated carbocycles. The van der Waals surface area contributed by atoms with Crippen LogP contribution < -0.4 is 14.2 Å². The molecule has 0 aliphatic carbocycles. The highest BCUT2D eigenvalue weighted by molar-refractivity contribution is 5.80. The molecule has 1 aliphatic rings. The smallest absolute Gasteiger partial charge is 0.353 e. The number of hydrogen-bond donors (Lipinski definition) is 0. The van der Waals surface area contributed by atoms with Crippen LogP contribution in [0.4, 0.5) is 0 Å². The Labute approximate surface area is 127 Å². The molecule has 2 aromatic rings. The van der Waals surface area contributed by atoms with Crippen molar-refractivity contribution in [2.75, 3.05) is 7.11 Å². The lowest BCUT2D eigenvalue weighted by Gasteiger charge is -2.12. The van der Waals surface area contributed by atoms with Crippen molar-refractivity contribution in [3.63, 3.8) is 0 Å². The molecule has 22 heavy (non-hydrogen) atoms. The molecule has 110 valence electrons. The first kappa shape index (κ1) is 14.0. The molecule has 3 rings (SSSR count). The summed E-state index contributed by atoms with van der Waals surface area (Å²) in [5.74, 6) is 0.824. The van der Waals surface area contributed by atoms with E-state index in [1.54, 1.807) is 6.07 Å². The van der Waals surface area contributed by atoms with Gasteiger partial charge in [-0.3, -0.25) is 0 Å². The van der Waals surface area contributed by atoms with Crippen LogP contribution in [-0.2, 0) is 11.2 Å². The van der Waals surface area contributed by atoms with E-state index >= 15 is 0 Å². The van der Waals surface area contributed by atoms with E-state index in [0.29, 0.717) is 23.5 Å². The molecule has 0 fully saturated rings. The third kappa shape index (κ3) is 2.59. The summed E-state index contributed by atoms with van der Waals surface area (Å²) in [4.78, 5) is 12.2. The lowest BCUT2D eigenvalue weighted by Crippen LogP contribution is -2.29. The molecular weight excluding hydrogens is 282 g/mol. The van der Waals surface area contributed by atoms with Gasteiger partial charge >= 0.3 is 5.97 Å². The van der Waals surface area contributed by atoms with Gasteiger partial charge < -0.3 is 14.2 Å². The maximum Gasteiger partial charge on any atom is 0.353 e. The molecule has 5 nitrogen and oxygen atoms in total. The summed E-state index contributed by atoms with van der Waals surface area (Å²) in [5, 5.41) is 8.87. The van der Waals surface area contributed by atoms with Crippen LogP contribution in [0.25, 0.3) is 0 Å². The molecule has 0 bridgehead atoms. The first-order chi connectivity index (χ1) is 10.7. The van der Waals surface area contributed by atoms with Crippen molar-refractivity contribution in [3.8, 4) is 23.3 Å². The summed E-state index contributed by atoms with van der Waals surface area (Å²) in [7, 11) is 1.45. The van der Waals surface area contributed by atoms with Gasteiger partial charge in [0.05, 0.1) is 18.7 Å². The molecule has 1 aliphatic heterocycles. The van der Waals surface area contributed by atoms with Crippen molar-refractivity contribution >= 4 is 5.97 Å². The van der Waals surface area contributed by atoms with E-state index in [9.17, 15) is 4.79 Å². The quantitative estimate of drug-likeness (QED) is 0.642. The molecule has 5 heteroatoms. The van der Waals surface area contributed by atoms with Crippen LogP contribution in [0.1, 0.15) is 11.1 Å². The summed E-state index contributed by atoms with van der Waals surface area (Å²) in [6.07, 6.45) is -0.189. The van der Waals surface area contributed by atoms with Crippen LogP contribution in [0.5, 0.6) is 17.2 Å². The zero-order chi connectivity index (χ0) is 15.5. The van der Waals surface area contributed by atoms with Crippen LogP contribution in [-0.4, -0.2) is 19.2 Å². The number of carbonyl (C=O) groups excluding carboxylic acids is 1. The predicted octanol–water partition coefficient (Wildman–Crippen LogP) is 2.48. The van der Waals surface area contributed by atoms with Gasteiger partial charge in [-0.05, 0) is 23.8 Å². The minimum atomic E-state index is -0.669. The number of carbonyl (C=O) groups is 1. The summed E-state index contributed by atoms with van der Waals surface area (Å²) >= 11 is 0. The first-order valence-electron chi connectivity index (χ1n) is 6.75.